The molecule has 0 aliphatic carbocycles. The summed E-state index contributed by atoms with van der Waals surface area (Å²) in [5.41, 5.74) is 1.62. The minimum Gasteiger partial charge on any atom is -0.316 e. The molecule has 1 aromatic carbocycles. The molecule has 1 heteroatoms. The van der Waals surface area contributed by atoms with Gasteiger partial charge in [-0.1, -0.05) is 63.9 Å². The molecular weight excluding hydrogens is 194 g/mol. The van der Waals surface area contributed by atoms with E-state index in [1.165, 1.54) is 24.8 Å². The number of unbranched alkanes of at least 4 members (excludes halogenated alkanes) is 1. The molecule has 1 rings (SSSR count). The van der Waals surface area contributed by atoms with Crippen LogP contribution in [-0.2, 0) is 5.41 Å². The number of benzene rings is 1. The van der Waals surface area contributed by atoms with Crippen molar-refractivity contribution in [3.8, 4) is 0 Å². The maximum Gasteiger partial charge on any atom is 0.0156 e. The van der Waals surface area contributed by atoms with Crippen LogP contribution in [0.3, 0.4) is 0 Å². The Morgan fingerprint density at radius 2 is 1.81 bits per heavy atom. The minimum absolute atomic E-state index is 0.200. The van der Waals surface area contributed by atoms with Crippen molar-refractivity contribution < 1.29 is 0 Å². The molecule has 1 unspecified atom stereocenters. The Balaban J connectivity index is 2.81. The van der Waals surface area contributed by atoms with E-state index in [1.807, 2.05) is 0 Å². The SMILES string of the molecule is CCCCC(NC)C(C)(C)c1ccccc1. The lowest BCUT2D eigenvalue weighted by Crippen LogP contribution is -2.43. The summed E-state index contributed by atoms with van der Waals surface area (Å²) in [5.74, 6) is 0. The first-order chi connectivity index (χ1) is 7.62. The van der Waals surface area contributed by atoms with Crippen molar-refractivity contribution >= 4 is 0 Å². The molecule has 0 fully saturated rings. The highest BCUT2D eigenvalue weighted by molar-refractivity contribution is 5.25. The molecule has 0 aliphatic heterocycles. The standard InChI is InChI=1S/C15H25N/c1-5-6-12-14(16-4)15(2,3)13-10-8-7-9-11-13/h7-11,14,16H,5-6,12H2,1-4H3. The maximum atomic E-state index is 3.48. The van der Waals surface area contributed by atoms with Gasteiger partial charge in [0.05, 0.1) is 0 Å². The summed E-state index contributed by atoms with van der Waals surface area (Å²) in [6.07, 6.45) is 3.81. The fraction of sp³-hybridized carbons (Fsp3) is 0.600. The van der Waals surface area contributed by atoms with Gasteiger partial charge >= 0.3 is 0 Å². The third-order valence-electron chi connectivity index (χ3n) is 3.58. The summed E-state index contributed by atoms with van der Waals surface area (Å²) < 4.78 is 0. The molecule has 1 atom stereocenters. The Hall–Kier alpha value is -0.820. The molecule has 0 spiro atoms. The lowest BCUT2D eigenvalue weighted by molar-refractivity contribution is 0.333. The van der Waals surface area contributed by atoms with Gasteiger partial charge in [0, 0.05) is 11.5 Å². The van der Waals surface area contributed by atoms with E-state index in [0.29, 0.717) is 6.04 Å². The number of hydrogen-bond acceptors (Lipinski definition) is 1. The first-order valence-electron chi connectivity index (χ1n) is 6.35. The molecule has 1 aromatic rings. The van der Waals surface area contributed by atoms with Crippen LogP contribution in [0.2, 0.25) is 0 Å². The first-order valence-corrected chi connectivity index (χ1v) is 6.35. The summed E-state index contributed by atoms with van der Waals surface area (Å²) >= 11 is 0. The summed E-state index contributed by atoms with van der Waals surface area (Å²) in [5, 5.41) is 3.48. The van der Waals surface area contributed by atoms with Gasteiger partial charge in [-0.3, -0.25) is 0 Å². The number of hydrogen-bond donors (Lipinski definition) is 1. The van der Waals surface area contributed by atoms with Gasteiger partial charge in [-0.25, -0.2) is 0 Å². The predicted molar refractivity (Wildman–Crippen MR) is 71.8 cm³/mol. The van der Waals surface area contributed by atoms with Crippen molar-refractivity contribution in [2.45, 2.75) is 51.5 Å². The molecule has 0 amide bonds. The van der Waals surface area contributed by atoms with Crippen molar-refractivity contribution in [3.05, 3.63) is 35.9 Å². The topological polar surface area (TPSA) is 12.0 Å². The lowest BCUT2D eigenvalue weighted by atomic mass is 9.76. The van der Waals surface area contributed by atoms with Crippen molar-refractivity contribution in [2.75, 3.05) is 7.05 Å². The molecule has 0 aliphatic rings. The van der Waals surface area contributed by atoms with Crippen LogP contribution in [-0.4, -0.2) is 13.1 Å². The van der Waals surface area contributed by atoms with E-state index in [0.717, 1.165) is 0 Å². The van der Waals surface area contributed by atoms with E-state index in [1.54, 1.807) is 0 Å². The molecule has 0 bridgehead atoms. The van der Waals surface area contributed by atoms with Crippen LogP contribution < -0.4 is 5.32 Å². The lowest BCUT2D eigenvalue weighted by Gasteiger charge is -2.35. The molecule has 0 saturated heterocycles. The van der Waals surface area contributed by atoms with E-state index in [-0.39, 0.29) is 5.41 Å². The molecular formula is C15H25N. The Labute approximate surface area is 100 Å². The number of rotatable bonds is 6. The Kier molecular flexibility index (Phi) is 5.01. The van der Waals surface area contributed by atoms with Gasteiger partial charge in [0.2, 0.25) is 0 Å². The fourth-order valence-corrected chi connectivity index (χ4v) is 2.34. The molecule has 1 nitrogen and oxygen atoms in total. The van der Waals surface area contributed by atoms with E-state index in [4.69, 9.17) is 0 Å². The minimum atomic E-state index is 0.200. The van der Waals surface area contributed by atoms with Gasteiger partial charge in [-0.05, 0) is 19.0 Å². The highest BCUT2D eigenvalue weighted by atomic mass is 14.9. The largest absolute Gasteiger partial charge is 0.316 e. The van der Waals surface area contributed by atoms with Gasteiger partial charge < -0.3 is 5.32 Å². The van der Waals surface area contributed by atoms with Crippen molar-refractivity contribution in [1.29, 1.82) is 0 Å². The maximum absolute atomic E-state index is 3.48. The van der Waals surface area contributed by atoms with Crippen LogP contribution >= 0.6 is 0 Å². The van der Waals surface area contributed by atoms with Crippen LogP contribution in [0.15, 0.2) is 30.3 Å². The van der Waals surface area contributed by atoms with Crippen molar-refractivity contribution in [1.82, 2.24) is 5.32 Å². The fourth-order valence-electron chi connectivity index (χ4n) is 2.34. The second kappa shape index (κ2) is 6.05. The predicted octanol–water partition coefficient (Wildman–Crippen LogP) is 3.74. The van der Waals surface area contributed by atoms with Crippen LogP contribution in [0.25, 0.3) is 0 Å². The van der Waals surface area contributed by atoms with Gasteiger partial charge in [0.25, 0.3) is 0 Å². The third kappa shape index (κ3) is 3.08. The highest BCUT2D eigenvalue weighted by Gasteiger charge is 2.29. The first kappa shape index (κ1) is 13.2. The zero-order valence-corrected chi connectivity index (χ0v) is 11.1. The van der Waals surface area contributed by atoms with Crippen molar-refractivity contribution in [3.63, 3.8) is 0 Å². The molecule has 0 aromatic heterocycles. The highest BCUT2D eigenvalue weighted by Crippen LogP contribution is 2.29. The molecule has 16 heavy (non-hydrogen) atoms. The van der Waals surface area contributed by atoms with E-state index >= 15 is 0 Å². The van der Waals surface area contributed by atoms with Gasteiger partial charge in [-0.2, -0.15) is 0 Å². The third-order valence-corrected chi connectivity index (χ3v) is 3.58. The van der Waals surface area contributed by atoms with E-state index < -0.39 is 0 Å². The molecule has 0 saturated carbocycles. The number of likely N-dealkylation sites (N-methyl/N-ethyl adjacent to an activating group) is 1. The molecule has 0 radical (unpaired) electrons. The van der Waals surface area contributed by atoms with Crippen LogP contribution in [0, 0.1) is 0 Å². The van der Waals surface area contributed by atoms with Crippen LogP contribution in [0.4, 0.5) is 0 Å². The van der Waals surface area contributed by atoms with Gasteiger partial charge in [-0.15, -0.1) is 0 Å². The Morgan fingerprint density at radius 3 is 2.31 bits per heavy atom. The average molecular weight is 219 g/mol. The molecule has 0 heterocycles. The monoisotopic (exact) mass is 219 g/mol. The summed E-state index contributed by atoms with van der Waals surface area (Å²) in [4.78, 5) is 0. The average Bonchev–Trinajstić information content (AvgIpc) is 2.31. The summed E-state index contributed by atoms with van der Waals surface area (Å²) in [7, 11) is 2.07. The van der Waals surface area contributed by atoms with Gasteiger partial charge in [0.15, 0.2) is 0 Å². The molecule has 90 valence electrons. The zero-order valence-electron chi connectivity index (χ0n) is 11.1. The van der Waals surface area contributed by atoms with Crippen LogP contribution in [0.1, 0.15) is 45.6 Å². The zero-order chi connectivity index (χ0) is 12.0. The molecule has 1 N–H and O–H groups in total. The normalized spacial score (nSPS) is 13.8. The van der Waals surface area contributed by atoms with Gasteiger partial charge in [0.1, 0.15) is 0 Å². The Morgan fingerprint density at radius 1 is 1.19 bits per heavy atom. The van der Waals surface area contributed by atoms with E-state index in [9.17, 15) is 0 Å². The summed E-state index contributed by atoms with van der Waals surface area (Å²) in [6.45, 7) is 6.92. The smallest absolute Gasteiger partial charge is 0.0156 e. The Bertz CT molecular complexity index is 290. The van der Waals surface area contributed by atoms with Crippen molar-refractivity contribution in [2.24, 2.45) is 0 Å². The van der Waals surface area contributed by atoms with E-state index in [2.05, 4.69) is 63.5 Å². The van der Waals surface area contributed by atoms with Crippen LogP contribution in [0.5, 0.6) is 0 Å². The number of nitrogens with one attached hydrogen (secondary N) is 1. The summed E-state index contributed by atoms with van der Waals surface area (Å²) in [6, 6.07) is 11.4. The quantitative estimate of drug-likeness (QED) is 0.768. The second-order valence-corrected chi connectivity index (χ2v) is 5.07. The second-order valence-electron chi connectivity index (χ2n) is 5.07.